The molecule has 7 nitrogen and oxygen atoms in total. The summed E-state index contributed by atoms with van der Waals surface area (Å²) in [6, 6.07) is 0. The van der Waals surface area contributed by atoms with Gasteiger partial charge in [-0.2, -0.15) is 0 Å². The van der Waals surface area contributed by atoms with Gasteiger partial charge in [-0.3, -0.25) is 4.99 Å². The zero-order valence-electron chi connectivity index (χ0n) is 14.7. The van der Waals surface area contributed by atoms with Gasteiger partial charge in [-0.05, 0) is 33.1 Å². The standard InChI is InChI=1S/C15H30N4O3S.HI/c1-3-16-14(17-8-5-9-18-23(20,21)4-2)19-10-6-15(12-19)7-11-22-13-15;/h18H,3-13H2,1-2H3,(H,16,17);1H. The number of ether oxygens (including phenoxy) is 1. The second-order valence-electron chi connectivity index (χ2n) is 6.36. The topological polar surface area (TPSA) is 83.0 Å². The van der Waals surface area contributed by atoms with Crippen LogP contribution in [0.25, 0.3) is 0 Å². The highest BCUT2D eigenvalue weighted by atomic mass is 127. The van der Waals surface area contributed by atoms with E-state index in [1.807, 2.05) is 0 Å². The Labute approximate surface area is 163 Å². The number of sulfonamides is 1. The Balaban J connectivity index is 0.00000288. The van der Waals surface area contributed by atoms with Gasteiger partial charge in [0.15, 0.2) is 5.96 Å². The Morgan fingerprint density at radius 3 is 2.75 bits per heavy atom. The number of guanidine groups is 1. The van der Waals surface area contributed by atoms with Crippen molar-refractivity contribution in [3.8, 4) is 0 Å². The summed E-state index contributed by atoms with van der Waals surface area (Å²) in [6.45, 7) is 9.35. The summed E-state index contributed by atoms with van der Waals surface area (Å²) in [4.78, 5) is 6.97. The summed E-state index contributed by atoms with van der Waals surface area (Å²) < 4.78 is 30.9. The molecule has 2 N–H and O–H groups in total. The first-order chi connectivity index (χ1) is 11.0. The molecule has 0 aliphatic carbocycles. The fraction of sp³-hybridized carbons (Fsp3) is 0.933. The van der Waals surface area contributed by atoms with Gasteiger partial charge < -0.3 is 15.0 Å². The Morgan fingerprint density at radius 2 is 2.12 bits per heavy atom. The quantitative estimate of drug-likeness (QED) is 0.249. The SMILES string of the molecule is CCNC(=NCCCNS(=O)(=O)CC)N1CCC2(CCOC2)C1.I. The molecule has 2 rings (SSSR count). The van der Waals surface area contributed by atoms with E-state index in [4.69, 9.17) is 4.74 Å². The van der Waals surface area contributed by atoms with Crippen LogP contribution in [0.5, 0.6) is 0 Å². The third-order valence-electron chi connectivity index (χ3n) is 4.56. The molecule has 0 aromatic carbocycles. The largest absolute Gasteiger partial charge is 0.381 e. The molecule has 2 aliphatic heterocycles. The molecular weight excluding hydrogens is 443 g/mol. The van der Waals surface area contributed by atoms with E-state index < -0.39 is 10.0 Å². The smallest absolute Gasteiger partial charge is 0.211 e. The zero-order chi connectivity index (χ0) is 16.8. The van der Waals surface area contributed by atoms with Crippen LogP contribution in [0.15, 0.2) is 4.99 Å². The molecule has 0 bridgehead atoms. The highest BCUT2D eigenvalue weighted by Gasteiger charge is 2.42. The molecule has 24 heavy (non-hydrogen) atoms. The molecule has 0 aromatic rings. The molecule has 142 valence electrons. The molecule has 1 atom stereocenters. The summed E-state index contributed by atoms with van der Waals surface area (Å²) >= 11 is 0. The summed E-state index contributed by atoms with van der Waals surface area (Å²) in [5.41, 5.74) is 0.312. The molecule has 0 aromatic heterocycles. The minimum Gasteiger partial charge on any atom is -0.381 e. The van der Waals surface area contributed by atoms with Gasteiger partial charge in [-0.15, -0.1) is 24.0 Å². The molecule has 2 saturated heterocycles. The van der Waals surface area contributed by atoms with Crippen molar-refractivity contribution in [3.63, 3.8) is 0 Å². The number of hydrogen-bond acceptors (Lipinski definition) is 4. The van der Waals surface area contributed by atoms with Crippen molar-refractivity contribution in [2.24, 2.45) is 10.4 Å². The average molecular weight is 474 g/mol. The van der Waals surface area contributed by atoms with Gasteiger partial charge in [-0.25, -0.2) is 13.1 Å². The van der Waals surface area contributed by atoms with E-state index in [0.717, 1.165) is 51.6 Å². The predicted molar refractivity (Wildman–Crippen MR) is 108 cm³/mol. The van der Waals surface area contributed by atoms with Gasteiger partial charge >= 0.3 is 0 Å². The molecular formula is C15H31IN4O3S. The number of halogens is 1. The lowest BCUT2D eigenvalue weighted by Gasteiger charge is -2.25. The molecule has 1 unspecified atom stereocenters. The van der Waals surface area contributed by atoms with Crippen LogP contribution in [0, 0.1) is 5.41 Å². The second-order valence-corrected chi connectivity index (χ2v) is 8.46. The van der Waals surface area contributed by atoms with Crippen molar-refractivity contribution in [2.45, 2.75) is 33.1 Å². The molecule has 1 spiro atoms. The fourth-order valence-corrected chi connectivity index (χ4v) is 3.77. The predicted octanol–water partition coefficient (Wildman–Crippen LogP) is 1.01. The van der Waals surface area contributed by atoms with Crippen LogP contribution in [0.2, 0.25) is 0 Å². The average Bonchev–Trinajstić information content (AvgIpc) is 3.16. The molecule has 0 amide bonds. The maximum atomic E-state index is 11.4. The van der Waals surface area contributed by atoms with Crippen LogP contribution < -0.4 is 10.0 Å². The minimum atomic E-state index is -3.10. The Morgan fingerprint density at radius 1 is 1.33 bits per heavy atom. The monoisotopic (exact) mass is 474 g/mol. The molecule has 2 heterocycles. The Kier molecular flexibility index (Phi) is 9.24. The van der Waals surface area contributed by atoms with Crippen molar-refractivity contribution in [2.75, 3.05) is 51.7 Å². The number of nitrogens with zero attached hydrogens (tertiary/aromatic N) is 2. The lowest BCUT2D eigenvalue weighted by molar-refractivity contribution is 0.156. The number of rotatable bonds is 7. The molecule has 2 fully saturated rings. The van der Waals surface area contributed by atoms with Gasteiger partial charge in [0, 0.05) is 44.7 Å². The van der Waals surface area contributed by atoms with Crippen LogP contribution in [0.1, 0.15) is 33.1 Å². The number of nitrogens with one attached hydrogen (secondary N) is 2. The molecule has 0 saturated carbocycles. The zero-order valence-corrected chi connectivity index (χ0v) is 17.9. The van der Waals surface area contributed by atoms with Crippen molar-refractivity contribution in [3.05, 3.63) is 0 Å². The highest BCUT2D eigenvalue weighted by molar-refractivity contribution is 14.0. The van der Waals surface area contributed by atoms with E-state index in [-0.39, 0.29) is 29.7 Å². The van der Waals surface area contributed by atoms with E-state index >= 15 is 0 Å². The van der Waals surface area contributed by atoms with Gasteiger partial charge in [0.1, 0.15) is 0 Å². The number of hydrogen-bond donors (Lipinski definition) is 2. The van der Waals surface area contributed by atoms with Crippen molar-refractivity contribution < 1.29 is 13.2 Å². The fourth-order valence-electron chi connectivity index (χ4n) is 3.11. The summed E-state index contributed by atoms with van der Waals surface area (Å²) in [7, 11) is -3.10. The van der Waals surface area contributed by atoms with Gasteiger partial charge in [0.25, 0.3) is 0 Å². The lowest BCUT2D eigenvalue weighted by atomic mass is 9.87. The van der Waals surface area contributed by atoms with Gasteiger partial charge in [0.2, 0.25) is 10.0 Å². The summed E-state index contributed by atoms with van der Waals surface area (Å²) in [5, 5.41) is 3.35. The van der Waals surface area contributed by atoms with Crippen molar-refractivity contribution in [1.82, 2.24) is 14.9 Å². The lowest BCUT2D eigenvalue weighted by Crippen LogP contribution is -2.41. The normalized spacial score (nSPS) is 24.4. The van der Waals surface area contributed by atoms with E-state index in [9.17, 15) is 8.42 Å². The van der Waals surface area contributed by atoms with Crippen LogP contribution >= 0.6 is 24.0 Å². The van der Waals surface area contributed by atoms with Crippen LogP contribution in [0.4, 0.5) is 0 Å². The van der Waals surface area contributed by atoms with Crippen LogP contribution in [-0.4, -0.2) is 71.0 Å². The van der Waals surface area contributed by atoms with Crippen molar-refractivity contribution >= 4 is 40.0 Å². The summed E-state index contributed by atoms with van der Waals surface area (Å²) in [6.07, 6.45) is 3.01. The Hall–Kier alpha value is -0.130. The number of aliphatic imine (C=N–C) groups is 1. The van der Waals surface area contributed by atoms with Gasteiger partial charge in [0.05, 0.1) is 12.4 Å². The second kappa shape index (κ2) is 10.1. The highest BCUT2D eigenvalue weighted by Crippen LogP contribution is 2.38. The Bertz CT molecular complexity index is 507. The van der Waals surface area contributed by atoms with E-state index in [0.29, 0.717) is 24.9 Å². The van der Waals surface area contributed by atoms with E-state index in [1.165, 1.54) is 0 Å². The molecule has 9 heteroatoms. The van der Waals surface area contributed by atoms with Gasteiger partial charge in [-0.1, -0.05) is 0 Å². The third kappa shape index (κ3) is 6.30. The first-order valence-electron chi connectivity index (χ1n) is 8.58. The maximum Gasteiger partial charge on any atom is 0.211 e. The third-order valence-corrected chi connectivity index (χ3v) is 5.96. The van der Waals surface area contributed by atoms with E-state index in [2.05, 4.69) is 26.9 Å². The minimum absolute atomic E-state index is 0. The van der Waals surface area contributed by atoms with E-state index in [1.54, 1.807) is 6.92 Å². The van der Waals surface area contributed by atoms with Crippen LogP contribution in [0.3, 0.4) is 0 Å². The maximum absolute atomic E-state index is 11.4. The first kappa shape index (κ1) is 21.9. The number of likely N-dealkylation sites (tertiary alicyclic amines) is 1. The van der Waals surface area contributed by atoms with Crippen molar-refractivity contribution in [1.29, 1.82) is 0 Å². The van der Waals surface area contributed by atoms with Crippen LogP contribution in [-0.2, 0) is 14.8 Å². The summed E-state index contributed by atoms with van der Waals surface area (Å²) in [5.74, 6) is 1.06. The molecule has 2 aliphatic rings. The first-order valence-corrected chi connectivity index (χ1v) is 10.2. The molecule has 0 radical (unpaired) electrons.